The lowest BCUT2D eigenvalue weighted by Crippen LogP contribution is -2.44. The number of ether oxygens (including phenoxy) is 2. The molecule has 0 fully saturated rings. The molecule has 1 heterocycles. The molecule has 0 bridgehead atoms. The molecule has 0 spiro atoms. The molecule has 0 unspecified atom stereocenters. The van der Waals surface area contributed by atoms with Crippen LogP contribution in [0.25, 0.3) is 0 Å². The van der Waals surface area contributed by atoms with E-state index >= 15 is 0 Å². The van der Waals surface area contributed by atoms with Crippen LogP contribution in [-0.2, 0) is 22.6 Å². The zero-order valence-corrected chi connectivity index (χ0v) is 20.1. The number of carbonyl (C=O) groups is 2. The van der Waals surface area contributed by atoms with Crippen molar-refractivity contribution in [2.45, 2.75) is 47.1 Å². The van der Waals surface area contributed by atoms with Crippen molar-refractivity contribution in [1.29, 1.82) is 0 Å². The predicted molar refractivity (Wildman–Crippen MR) is 124 cm³/mol. The standard InChI is InChI=1S/C25H36N2O5/c1-7-24(28)27(15-18(2)3)17-25(29)26(16-21-10-8-19(4)32-21)13-12-20-9-11-22(30-5)23(14-20)31-6/h8-11,14,18H,7,12-13,15-17H2,1-6H3. The summed E-state index contributed by atoms with van der Waals surface area (Å²) in [6.45, 7) is 9.25. The highest BCUT2D eigenvalue weighted by molar-refractivity contribution is 5.84. The average molecular weight is 445 g/mol. The van der Waals surface area contributed by atoms with E-state index in [0.29, 0.717) is 44.0 Å². The van der Waals surface area contributed by atoms with E-state index < -0.39 is 0 Å². The van der Waals surface area contributed by atoms with Gasteiger partial charge in [0.25, 0.3) is 0 Å². The first-order chi connectivity index (χ1) is 15.3. The van der Waals surface area contributed by atoms with Gasteiger partial charge in [0.1, 0.15) is 11.5 Å². The molecule has 2 amide bonds. The van der Waals surface area contributed by atoms with Gasteiger partial charge in [-0.05, 0) is 49.1 Å². The van der Waals surface area contributed by atoms with Crippen molar-refractivity contribution in [2.75, 3.05) is 33.9 Å². The van der Waals surface area contributed by atoms with Crippen LogP contribution in [0.1, 0.15) is 44.3 Å². The van der Waals surface area contributed by atoms with Gasteiger partial charge in [0.2, 0.25) is 11.8 Å². The van der Waals surface area contributed by atoms with Gasteiger partial charge < -0.3 is 23.7 Å². The molecule has 0 aliphatic rings. The zero-order chi connectivity index (χ0) is 23.7. The Balaban J connectivity index is 2.17. The Labute approximate surface area is 191 Å². The minimum atomic E-state index is -0.0954. The summed E-state index contributed by atoms with van der Waals surface area (Å²) >= 11 is 0. The molecule has 2 rings (SSSR count). The maximum absolute atomic E-state index is 13.3. The lowest BCUT2D eigenvalue weighted by molar-refractivity contribution is -0.141. The minimum absolute atomic E-state index is 0.0132. The first-order valence-electron chi connectivity index (χ1n) is 11.1. The third-order valence-corrected chi connectivity index (χ3v) is 5.18. The van der Waals surface area contributed by atoms with Crippen LogP contribution in [0.3, 0.4) is 0 Å². The third kappa shape index (κ3) is 7.32. The molecule has 32 heavy (non-hydrogen) atoms. The molecular formula is C25H36N2O5. The molecule has 0 N–H and O–H groups in total. The normalized spacial score (nSPS) is 10.8. The van der Waals surface area contributed by atoms with E-state index in [1.165, 1.54) is 0 Å². The van der Waals surface area contributed by atoms with E-state index in [1.807, 2.05) is 58.0 Å². The summed E-state index contributed by atoms with van der Waals surface area (Å²) in [6.07, 6.45) is 1.01. The number of rotatable bonds is 12. The molecular weight excluding hydrogens is 408 g/mol. The largest absolute Gasteiger partial charge is 0.493 e. The van der Waals surface area contributed by atoms with Crippen molar-refractivity contribution < 1.29 is 23.5 Å². The lowest BCUT2D eigenvalue weighted by Gasteiger charge is -2.28. The molecule has 176 valence electrons. The SMILES string of the molecule is CCC(=O)N(CC(=O)N(CCc1ccc(OC)c(OC)c1)Cc1ccc(C)o1)CC(C)C. The molecule has 0 saturated heterocycles. The van der Waals surface area contributed by atoms with E-state index in [2.05, 4.69) is 0 Å². The van der Waals surface area contributed by atoms with Crippen LogP contribution in [0.15, 0.2) is 34.7 Å². The topological polar surface area (TPSA) is 72.2 Å². The first kappa shape index (κ1) is 25.3. The summed E-state index contributed by atoms with van der Waals surface area (Å²) in [6, 6.07) is 9.52. The van der Waals surface area contributed by atoms with E-state index in [1.54, 1.807) is 24.0 Å². The number of carbonyl (C=O) groups excluding carboxylic acids is 2. The molecule has 0 saturated carbocycles. The molecule has 0 aliphatic carbocycles. The van der Waals surface area contributed by atoms with Gasteiger partial charge in [-0.25, -0.2) is 0 Å². The summed E-state index contributed by atoms with van der Waals surface area (Å²) in [5.74, 6) is 3.02. The predicted octanol–water partition coefficient (Wildman–Crippen LogP) is 4.07. The van der Waals surface area contributed by atoms with Crippen LogP contribution in [0.5, 0.6) is 11.5 Å². The minimum Gasteiger partial charge on any atom is -0.493 e. The van der Waals surface area contributed by atoms with Gasteiger partial charge in [-0.2, -0.15) is 0 Å². The van der Waals surface area contributed by atoms with Crippen molar-refractivity contribution in [3.63, 3.8) is 0 Å². The Kier molecular flexibility index (Phi) is 9.62. The van der Waals surface area contributed by atoms with Crippen molar-refractivity contribution in [2.24, 2.45) is 5.92 Å². The van der Waals surface area contributed by atoms with E-state index in [-0.39, 0.29) is 24.3 Å². The van der Waals surface area contributed by atoms with Crippen LogP contribution in [0, 0.1) is 12.8 Å². The highest BCUT2D eigenvalue weighted by Crippen LogP contribution is 2.27. The van der Waals surface area contributed by atoms with Gasteiger partial charge >= 0.3 is 0 Å². The second-order valence-electron chi connectivity index (χ2n) is 8.29. The van der Waals surface area contributed by atoms with Gasteiger partial charge in [-0.15, -0.1) is 0 Å². The molecule has 2 aromatic rings. The van der Waals surface area contributed by atoms with Crippen molar-refractivity contribution >= 4 is 11.8 Å². The number of furan rings is 1. The number of benzene rings is 1. The van der Waals surface area contributed by atoms with Crippen molar-refractivity contribution in [1.82, 2.24) is 9.80 Å². The Morgan fingerprint density at radius 3 is 2.28 bits per heavy atom. The Morgan fingerprint density at radius 1 is 1.00 bits per heavy atom. The summed E-state index contributed by atoms with van der Waals surface area (Å²) in [7, 11) is 3.20. The fourth-order valence-electron chi connectivity index (χ4n) is 3.53. The fraction of sp³-hybridized carbons (Fsp3) is 0.520. The molecule has 0 aliphatic heterocycles. The third-order valence-electron chi connectivity index (χ3n) is 5.18. The van der Waals surface area contributed by atoms with Crippen molar-refractivity contribution in [3.8, 4) is 11.5 Å². The summed E-state index contributed by atoms with van der Waals surface area (Å²) in [5, 5.41) is 0. The number of hydrogen-bond acceptors (Lipinski definition) is 5. The van der Waals surface area contributed by atoms with Crippen LogP contribution >= 0.6 is 0 Å². The fourth-order valence-corrected chi connectivity index (χ4v) is 3.53. The monoisotopic (exact) mass is 444 g/mol. The molecule has 7 heteroatoms. The second kappa shape index (κ2) is 12.2. The Bertz CT molecular complexity index is 890. The van der Waals surface area contributed by atoms with Gasteiger partial charge in [0.15, 0.2) is 11.5 Å². The summed E-state index contributed by atoms with van der Waals surface area (Å²) < 4.78 is 16.4. The van der Waals surface area contributed by atoms with Crippen molar-refractivity contribution in [3.05, 3.63) is 47.4 Å². The first-order valence-corrected chi connectivity index (χ1v) is 11.1. The number of hydrogen-bond donors (Lipinski definition) is 0. The van der Waals surface area contributed by atoms with Crippen LogP contribution in [0.2, 0.25) is 0 Å². The molecule has 1 aromatic heterocycles. The highest BCUT2D eigenvalue weighted by atomic mass is 16.5. The maximum Gasteiger partial charge on any atom is 0.242 e. The lowest BCUT2D eigenvalue weighted by atomic mass is 10.1. The summed E-state index contributed by atoms with van der Waals surface area (Å²) in [5.41, 5.74) is 1.03. The maximum atomic E-state index is 13.3. The molecule has 1 aromatic carbocycles. The summed E-state index contributed by atoms with van der Waals surface area (Å²) in [4.78, 5) is 29.1. The second-order valence-corrected chi connectivity index (χ2v) is 8.29. The van der Waals surface area contributed by atoms with E-state index in [4.69, 9.17) is 13.9 Å². The van der Waals surface area contributed by atoms with Gasteiger partial charge in [0.05, 0.1) is 27.3 Å². The van der Waals surface area contributed by atoms with Gasteiger partial charge in [-0.1, -0.05) is 26.8 Å². The van der Waals surface area contributed by atoms with E-state index in [0.717, 1.165) is 17.1 Å². The number of methoxy groups -OCH3 is 2. The molecule has 0 atom stereocenters. The van der Waals surface area contributed by atoms with Gasteiger partial charge in [-0.3, -0.25) is 9.59 Å². The average Bonchev–Trinajstić information content (AvgIpc) is 3.19. The molecule has 0 radical (unpaired) electrons. The van der Waals surface area contributed by atoms with E-state index in [9.17, 15) is 9.59 Å². The number of amides is 2. The Morgan fingerprint density at radius 2 is 1.72 bits per heavy atom. The molecule has 7 nitrogen and oxygen atoms in total. The van der Waals surface area contributed by atoms with Crippen LogP contribution in [0.4, 0.5) is 0 Å². The van der Waals surface area contributed by atoms with Crippen LogP contribution in [-0.4, -0.2) is 55.5 Å². The zero-order valence-electron chi connectivity index (χ0n) is 20.1. The number of nitrogens with zero attached hydrogens (tertiary/aromatic N) is 2. The van der Waals surface area contributed by atoms with Gasteiger partial charge in [0, 0.05) is 19.5 Å². The smallest absolute Gasteiger partial charge is 0.242 e. The highest BCUT2D eigenvalue weighted by Gasteiger charge is 2.22. The quantitative estimate of drug-likeness (QED) is 0.493. The van der Waals surface area contributed by atoms with Crippen LogP contribution < -0.4 is 9.47 Å². The number of aryl methyl sites for hydroxylation is 1. The Hall–Kier alpha value is -2.96.